The van der Waals surface area contributed by atoms with Gasteiger partial charge < -0.3 is 5.32 Å². The average molecular weight is 285 g/mol. The molecular weight excluding hydrogens is 263 g/mol. The zero-order valence-electron chi connectivity index (χ0n) is 11.7. The summed E-state index contributed by atoms with van der Waals surface area (Å²) in [7, 11) is 0. The summed E-state index contributed by atoms with van der Waals surface area (Å²) >= 11 is 0. The molecule has 0 spiro atoms. The second kappa shape index (κ2) is 7.11. The third-order valence-corrected chi connectivity index (χ3v) is 4.05. The Morgan fingerprint density at radius 2 is 1.75 bits per heavy atom. The first kappa shape index (κ1) is 15.4. The Morgan fingerprint density at radius 3 is 2.45 bits per heavy atom. The van der Waals surface area contributed by atoms with Crippen LogP contribution >= 0.6 is 0 Å². The van der Waals surface area contributed by atoms with Crippen LogP contribution in [-0.4, -0.2) is 13.1 Å². The summed E-state index contributed by atoms with van der Waals surface area (Å²) in [6, 6.07) is 5.86. The third-order valence-electron chi connectivity index (χ3n) is 4.05. The molecule has 20 heavy (non-hydrogen) atoms. The van der Waals surface area contributed by atoms with E-state index in [9.17, 15) is 13.2 Å². The van der Waals surface area contributed by atoms with E-state index in [1.165, 1.54) is 38.2 Å². The number of benzene rings is 1. The van der Waals surface area contributed by atoms with E-state index in [1.807, 2.05) is 0 Å². The van der Waals surface area contributed by atoms with Crippen molar-refractivity contribution >= 4 is 0 Å². The molecule has 1 aliphatic carbocycles. The lowest BCUT2D eigenvalue weighted by Gasteiger charge is -2.22. The molecule has 1 aliphatic rings. The maximum Gasteiger partial charge on any atom is 0.416 e. The van der Waals surface area contributed by atoms with Crippen LogP contribution in [0.1, 0.15) is 43.2 Å². The Bertz CT molecular complexity index is 408. The van der Waals surface area contributed by atoms with E-state index < -0.39 is 11.7 Å². The van der Waals surface area contributed by atoms with E-state index in [0.717, 1.165) is 12.6 Å². The van der Waals surface area contributed by atoms with Crippen molar-refractivity contribution in [3.05, 3.63) is 35.4 Å². The van der Waals surface area contributed by atoms with Gasteiger partial charge in [0, 0.05) is 0 Å². The molecule has 0 amide bonds. The summed E-state index contributed by atoms with van der Waals surface area (Å²) in [5.74, 6) is 0.710. The first-order chi connectivity index (χ1) is 9.57. The van der Waals surface area contributed by atoms with E-state index in [0.29, 0.717) is 24.4 Å². The van der Waals surface area contributed by atoms with Crippen molar-refractivity contribution in [2.75, 3.05) is 13.1 Å². The van der Waals surface area contributed by atoms with Gasteiger partial charge in [-0.15, -0.1) is 0 Å². The van der Waals surface area contributed by atoms with Gasteiger partial charge in [-0.1, -0.05) is 37.5 Å². The van der Waals surface area contributed by atoms with Crippen LogP contribution in [0.15, 0.2) is 24.3 Å². The molecule has 2 rings (SSSR count). The molecule has 0 aliphatic heterocycles. The van der Waals surface area contributed by atoms with E-state index in [-0.39, 0.29) is 0 Å². The summed E-state index contributed by atoms with van der Waals surface area (Å²) in [6.07, 6.45) is 2.61. The highest BCUT2D eigenvalue weighted by Gasteiger charge is 2.32. The van der Waals surface area contributed by atoms with Crippen molar-refractivity contribution in [1.29, 1.82) is 0 Å². The first-order valence-electron chi connectivity index (χ1n) is 7.43. The predicted molar refractivity (Wildman–Crippen MR) is 74.6 cm³/mol. The summed E-state index contributed by atoms with van der Waals surface area (Å²) in [5, 5.41) is 3.31. The molecule has 1 saturated carbocycles. The Labute approximate surface area is 118 Å². The number of hydrogen-bond donors (Lipinski definition) is 1. The molecule has 0 bridgehead atoms. The number of nitrogens with one attached hydrogen (secondary N) is 1. The maximum atomic E-state index is 12.8. The lowest BCUT2D eigenvalue weighted by Crippen LogP contribution is -2.26. The zero-order valence-corrected chi connectivity index (χ0v) is 11.7. The number of halogens is 3. The number of alkyl halides is 3. The average Bonchev–Trinajstić information content (AvgIpc) is 2.44. The van der Waals surface area contributed by atoms with Gasteiger partial charge in [-0.05, 0) is 49.9 Å². The topological polar surface area (TPSA) is 12.0 Å². The largest absolute Gasteiger partial charge is 0.416 e. The van der Waals surface area contributed by atoms with E-state index in [4.69, 9.17) is 0 Å². The van der Waals surface area contributed by atoms with Gasteiger partial charge in [0.2, 0.25) is 0 Å². The molecule has 0 radical (unpaired) electrons. The molecule has 0 atom stereocenters. The standard InChI is InChI=1S/C16H22F3N/c17-16(18,19)15-9-5-4-8-14(15)10-11-20-12-13-6-2-1-3-7-13/h4-5,8-9,13,20H,1-3,6-7,10-12H2. The van der Waals surface area contributed by atoms with Crippen LogP contribution in [0.4, 0.5) is 13.2 Å². The van der Waals surface area contributed by atoms with Crippen molar-refractivity contribution in [3.63, 3.8) is 0 Å². The normalized spacial score (nSPS) is 17.4. The molecule has 1 N–H and O–H groups in total. The molecule has 0 heterocycles. The third kappa shape index (κ3) is 4.51. The first-order valence-corrected chi connectivity index (χ1v) is 7.43. The van der Waals surface area contributed by atoms with Crippen molar-refractivity contribution in [2.24, 2.45) is 5.92 Å². The van der Waals surface area contributed by atoms with Crippen LogP contribution in [0.5, 0.6) is 0 Å². The fourth-order valence-corrected chi connectivity index (χ4v) is 2.94. The zero-order chi connectivity index (χ0) is 14.4. The highest BCUT2D eigenvalue weighted by Crippen LogP contribution is 2.31. The van der Waals surface area contributed by atoms with Crippen LogP contribution in [0.25, 0.3) is 0 Å². The maximum absolute atomic E-state index is 12.8. The van der Waals surface area contributed by atoms with E-state index >= 15 is 0 Å². The van der Waals surface area contributed by atoms with Gasteiger partial charge >= 0.3 is 6.18 Å². The Balaban J connectivity index is 1.79. The quantitative estimate of drug-likeness (QED) is 0.790. The van der Waals surface area contributed by atoms with Crippen molar-refractivity contribution in [1.82, 2.24) is 5.32 Å². The van der Waals surface area contributed by atoms with Crippen LogP contribution in [0.3, 0.4) is 0 Å². The number of rotatable bonds is 5. The predicted octanol–water partition coefficient (Wildman–Crippen LogP) is 4.42. The summed E-state index contributed by atoms with van der Waals surface area (Å²) in [4.78, 5) is 0. The Hall–Kier alpha value is -1.03. The minimum Gasteiger partial charge on any atom is -0.316 e. The van der Waals surface area contributed by atoms with Gasteiger partial charge in [-0.3, -0.25) is 0 Å². The molecule has 0 saturated heterocycles. The molecule has 1 aromatic rings. The molecule has 0 aromatic heterocycles. The van der Waals surface area contributed by atoms with Crippen LogP contribution in [0.2, 0.25) is 0 Å². The molecular formula is C16H22F3N. The summed E-state index contributed by atoms with van der Waals surface area (Å²) in [6.45, 7) is 1.55. The molecule has 1 nitrogen and oxygen atoms in total. The van der Waals surface area contributed by atoms with Crippen molar-refractivity contribution in [3.8, 4) is 0 Å². The van der Waals surface area contributed by atoms with Gasteiger partial charge in [0.05, 0.1) is 5.56 Å². The highest BCUT2D eigenvalue weighted by atomic mass is 19.4. The van der Waals surface area contributed by atoms with Gasteiger partial charge in [-0.2, -0.15) is 13.2 Å². The molecule has 1 fully saturated rings. The van der Waals surface area contributed by atoms with Gasteiger partial charge in [-0.25, -0.2) is 0 Å². The number of hydrogen-bond acceptors (Lipinski definition) is 1. The fourth-order valence-electron chi connectivity index (χ4n) is 2.94. The Kier molecular flexibility index (Phi) is 5.46. The lowest BCUT2D eigenvalue weighted by molar-refractivity contribution is -0.138. The minimum atomic E-state index is -4.25. The highest BCUT2D eigenvalue weighted by molar-refractivity contribution is 5.29. The van der Waals surface area contributed by atoms with Crippen molar-refractivity contribution < 1.29 is 13.2 Å². The fraction of sp³-hybridized carbons (Fsp3) is 0.625. The monoisotopic (exact) mass is 285 g/mol. The lowest BCUT2D eigenvalue weighted by atomic mass is 9.89. The van der Waals surface area contributed by atoms with Crippen LogP contribution < -0.4 is 5.32 Å². The summed E-state index contributed by atoms with van der Waals surface area (Å²) < 4.78 is 38.5. The molecule has 0 unspecified atom stereocenters. The van der Waals surface area contributed by atoms with Gasteiger partial charge in [0.1, 0.15) is 0 Å². The smallest absolute Gasteiger partial charge is 0.316 e. The van der Waals surface area contributed by atoms with Crippen molar-refractivity contribution in [2.45, 2.75) is 44.7 Å². The summed E-state index contributed by atoms with van der Waals surface area (Å²) in [5.41, 5.74) is -0.115. The minimum absolute atomic E-state index is 0.385. The van der Waals surface area contributed by atoms with Crippen LogP contribution in [0, 0.1) is 5.92 Å². The van der Waals surface area contributed by atoms with E-state index in [1.54, 1.807) is 12.1 Å². The van der Waals surface area contributed by atoms with Gasteiger partial charge in [0.25, 0.3) is 0 Å². The molecule has 112 valence electrons. The van der Waals surface area contributed by atoms with Crippen LogP contribution in [-0.2, 0) is 12.6 Å². The second-order valence-electron chi connectivity index (χ2n) is 5.61. The van der Waals surface area contributed by atoms with E-state index in [2.05, 4.69) is 5.32 Å². The second-order valence-corrected chi connectivity index (χ2v) is 5.61. The SMILES string of the molecule is FC(F)(F)c1ccccc1CCNCC1CCCCC1. The van der Waals surface area contributed by atoms with Gasteiger partial charge in [0.15, 0.2) is 0 Å². The molecule has 1 aromatic carbocycles. The Morgan fingerprint density at radius 1 is 1.05 bits per heavy atom. The molecule has 4 heteroatoms.